The Labute approximate surface area is 179 Å². The van der Waals surface area contributed by atoms with Crippen molar-refractivity contribution >= 4 is 28.4 Å². The maximum Gasteiger partial charge on any atom is 0.269 e. The number of non-ortho nitro benzene ring substituents is 1. The number of aliphatic hydroxyl groups is 1. The molecule has 2 aromatic heterocycles. The largest absolute Gasteiger partial charge is 0.503 e. The number of nitro benzene ring substituents is 1. The second-order valence-corrected chi connectivity index (χ2v) is 7.21. The summed E-state index contributed by atoms with van der Waals surface area (Å²) in [7, 11) is 0. The second-order valence-electron chi connectivity index (χ2n) is 6.35. The van der Waals surface area contributed by atoms with E-state index in [0.29, 0.717) is 22.6 Å². The summed E-state index contributed by atoms with van der Waals surface area (Å²) in [5, 5.41) is 33.0. The number of furan rings is 1. The molecule has 0 spiro atoms. The second kappa shape index (κ2) is 8.22. The lowest BCUT2D eigenvalue weighted by molar-refractivity contribution is -0.384. The lowest BCUT2D eigenvalue weighted by Crippen LogP contribution is -1.89. The number of rotatable bonds is 5. The van der Waals surface area contributed by atoms with Gasteiger partial charge < -0.3 is 9.52 Å². The number of benzene rings is 2. The van der Waals surface area contributed by atoms with Crippen LogP contribution in [0.25, 0.3) is 33.9 Å². The Balaban J connectivity index is 1.65. The van der Waals surface area contributed by atoms with Crippen LogP contribution in [0.3, 0.4) is 0 Å². The van der Waals surface area contributed by atoms with E-state index in [1.807, 2.05) is 6.07 Å². The highest BCUT2D eigenvalue weighted by atomic mass is 32.1. The van der Waals surface area contributed by atoms with Crippen molar-refractivity contribution in [2.24, 2.45) is 0 Å². The predicted molar refractivity (Wildman–Crippen MR) is 113 cm³/mol. The van der Waals surface area contributed by atoms with E-state index < -0.39 is 4.92 Å². The van der Waals surface area contributed by atoms with E-state index in [-0.39, 0.29) is 33.6 Å². The van der Waals surface area contributed by atoms with Gasteiger partial charge in [0.2, 0.25) is 0 Å². The van der Waals surface area contributed by atoms with E-state index >= 15 is 0 Å². The molecule has 9 heteroatoms. The molecule has 0 saturated heterocycles. The number of hydrogen-bond acceptors (Lipinski definition) is 7. The SMILES string of the molecule is N#CC(=C(O)c1ccc(-c2ccc([N+](=O)[O-])cc2)o1)c1nc(-c2ccc(F)cc2)cs1. The smallest absolute Gasteiger partial charge is 0.269 e. The van der Waals surface area contributed by atoms with E-state index in [1.54, 1.807) is 23.6 Å². The van der Waals surface area contributed by atoms with Crippen LogP contribution in [0.1, 0.15) is 10.8 Å². The Morgan fingerprint density at radius 2 is 1.77 bits per heavy atom. The highest BCUT2D eigenvalue weighted by molar-refractivity contribution is 7.11. The van der Waals surface area contributed by atoms with Crippen LogP contribution in [0.15, 0.2) is 70.5 Å². The molecule has 31 heavy (non-hydrogen) atoms. The Kier molecular flexibility index (Phi) is 5.30. The van der Waals surface area contributed by atoms with E-state index in [2.05, 4.69) is 4.98 Å². The summed E-state index contributed by atoms with van der Waals surface area (Å²) in [5.41, 5.74) is 1.69. The van der Waals surface area contributed by atoms with Crippen LogP contribution in [0.4, 0.5) is 10.1 Å². The van der Waals surface area contributed by atoms with E-state index in [1.165, 1.54) is 42.5 Å². The molecule has 0 radical (unpaired) electrons. The standard InChI is InChI=1S/C22H12FN3O4S/c23-15-5-1-13(2-6-15)18-12-31-22(25-18)17(11-24)21(27)20-10-9-19(30-20)14-3-7-16(8-4-14)26(28)29/h1-10,12,27H. The molecule has 152 valence electrons. The van der Waals surface area contributed by atoms with Gasteiger partial charge in [0, 0.05) is 28.6 Å². The van der Waals surface area contributed by atoms with Crippen LogP contribution in [0, 0.1) is 27.3 Å². The third kappa shape index (κ3) is 4.05. The molecule has 1 N–H and O–H groups in total. The van der Waals surface area contributed by atoms with Crippen LogP contribution in [0.2, 0.25) is 0 Å². The zero-order valence-electron chi connectivity index (χ0n) is 15.7. The molecule has 0 atom stereocenters. The zero-order chi connectivity index (χ0) is 22.0. The highest BCUT2D eigenvalue weighted by Crippen LogP contribution is 2.32. The highest BCUT2D eigenvalue weighted by Gasteiger charge is 2.18. The van der Waals surface area contributed by atoms with Crippen molar-refractivity contribution in [3.05, 3.63) is 92.7 Å². The average molecular weight is 433 g/mol. The summed E-state index contributed by atoms with van der Waals surface area (Å²) in [5.74, 6) is -0.310. The number of nitrogens with zero attached hydrogens (tertiary/aromatic N) is 3. The monoisotopic (exact) mass is 433 g/mol. The fourth-order valence-corrected chi connectivity index (χ4v) is 3.66. The molecule has 0 amide bonds. The Morgan fingerprint density at radius 1 is 1.10 bits per heavy atom. The number of thiazole rings is 1. The van der Waals surface area contributed by atoms with E-state index in [0.717, 1.165) is 11.3 Å². The van der Waals surface area contributed by atoms with Gasteiger partial charge in [0.25, 0.3) is 5.69 Å². The van der Waals surface area contributed by atoms with Gasteiger partial charge in [0.15, 0.2) is 11.5 Å². The van der Waals surface area contributed by atoms with Crippen LogP contribution >= 0.6 is 11.3 Å². The topological polar surface area (TPSA) is 113 Å². The Hall–Kier alpha value is -4.29. The summed E-state index contributed by atoms with van der Waals surface area (Å²) >= 11 is 1.16. The van der Waals surface area contributed by atoms with Crippen LogP contribution in [-0.2, 0) is 0 Å². The van der Waals surface area contributed by atoms with Gasteiger partial charge in [-0.15, -0.1) is 11.3 Å². The first-order valence-corrected chi connectivity index (χ1v) is 9.74. The molecular formula is C22H12FN3O4S. The van der Waals surface area contributed by atoms with Gasteiger partial charge >= 0.3 is 0 Å². The van der Waals surface area contributed by atoms with Gasteiger partial charge in [-0.1, -0.05) is 0 Å². The van der Waals surface area contributed by atoms with Crippen molar-refractivity contribution in [3.63, 3.8) is 0 Å². The van der Waals surface area contributed by atoms with Crippen molar-refractivity contribution in [1.29, 1.82) is 5.26 Å². The lowest BCUT2D eigenvalue weighted by Gasteiger charge is -2.00. The van der Waals surface area contributed by atoms with Crippen molar-refractivity contribution in [1.82, 2.24) is 4.98 Å². The normalized spacial score (nSPS) is 11.6. The maximum atomic E-state index is 13.1. The van der Waals surface area contributed by atoms with Crippen molar-refractivity contribution in [2.75, 3.05) is 0 Å². The fraction of sp³-hybridized carbons (Fsp3) is 0. The molecule has 0 aliphatic heterocycles. The molecule has 0 fully saturated rings. The number of allylic oxidation sites excluding steroid dienone is 1. The van der Waals surface area contributed by atoms with Crippen molar-refractivity contribution in [3.8, 4) is 28.7 Å². The third-order valence-corrected chi connectivity index (χ3v) is 5.27. The number of nitriles is 1. The van der Waals surface area contributed by atoms with Gasteiger partial charge in [-0.2, -0.15) is 5.26 Å². The molecule has 0 aliphatic rings. The number of aliphatic hydroxyl groups excluding tert-OH is 1. The maximum absolute atomic E-state index is 13.1. The van der Waals surface area contributed by atoms with Gasteiger partial charge in [-0.25, -0.2) is 9.37 Å². The minimum absolute atomic E-state index is 0.0502. The van der Waals surface area contributed by atoms with Crippen LogP contribution < -0.4 is 0 Å². The minimum atomic E-state index is -0.501. The van der Waals surface area contributed by atoms with Gasteiger partial charge in [0.05, 0.1) is 10.6 Å². The van der Waals surface area contributed by atoms with E-state index in [9.17, 15) is 24.9 Å². The minimum Gasteiger partial charge on any atom is -0.503 e. The lowest BCUT2D eigenvalue weighted by atomic mass is 10.1. The molecule has 0 unspecified atom stereocenters. The van der Waals surface area contributed by atoms with E-state index in [4.69, 9.17) is 4.42 Å². The number of halogens is 1. The number of aromatic nitrogens is 1. The number of hydrogen-bond donors (Lipinski definition) is 1. The molecule has 4 aromatic rings. The van der Waals surface area contributed by atoms with Crippen molar-refractivity contribution < 1.29 is 18.8 Å². The first kappa shape index (κ1) is 20.0. The summed E-state index contributed by atoms with van der Waals surface area (Å²) in [6.07, 6.45) is 0. The fourth-order valence-electron chi connectivity index (χ4n) is 2.83. The van der Waals surface area contributed by atoms with Crippen LogP contribution in [-0.4, -0.2) is 15.0 Å². The first-order valence-electron chi connectivity index (χ1n) is 8.86. The molecule has 7 nitrogen and oxygen atoms in total. The zero-order valence-corrected chi connectivity index (χ0v) is 16.5. The van der Waals surface area contributed by atoms with Crippen molar-refractivity contribution in [2.45, 2.75) is 0 Å². The number of nitro groups is 1. The van der Waals surface area contributed by atoms with Gasteiger partial charge in [0.1, 0.15) is 28.2 Å². The van der Waals surface area contributed by atoms with Crippen LogP contribution in [0.5, 0.6) is 0 Å². The first-order chi connectivity index (χ1) is 15.0. The summed E-state index contributed by atoms with van der Waals surface area (Å²) in [6, 6.07) is 16.6. The Bertz CT molecular complexity index is 1330. The predicted octanol–water partition coefficient (Wildman–Crippen LogP) is 6.07. The molecule has 2 heterocycles. The summed E-state index contributed by atoms with van der Waals surface area (Å²) in [6.45, 7) is 0. The summed E-state index contributed by atoms with van der Waals surface area (Å²) < 4.78 is 18.8. The molecule has 2 aromatic carbocycles. The quantitative estimate of drug-likeness (QED) is 0.177. The molecule has 4 rings (SSSR count). The van der Waals surface area contributed by atoms with Gasteiger partial charge in [-0.3, -0.25) is 10.1 Å². The summed E-state index contributed by atoms with van der Waals surface area (Å²) in [4.78, 5) is 14.7. The third-order valence-electron chi connectivity index (χ3n) is 4.41. The van der Waals surface area contributed by atoms with Gasteiger partial charge in [-0.05, 0) is 48.5 Å². The average Bonchev–Trinajstić information content (AvgIpc) is 3.45. The molecule has 0 bridgehead atoms. The molecular weight excluding hydrogens is 421 g/mol. The molecule has 0 aliphatic carbocycles. The molecule has 0 saturated carbocycles. The Morgan fingerprint density at radius 3 is 2.42 bits per heavy atom.